The molecule has 0 aromatic heterocycles. The number of hydrogen-bond donors (Lipinski definition) is 0. The Morgan fingerprint density at radius 3 is 1.91 bits per heavy atom. The summed E-state index contributed by atoms with van der Waals surface area (Å²) in [6.07, 6.45) is 8.31. The van der Waals surface area contributed by atoms with Crippen molar-refractivity contribution in [2.24, 2.45) is 11.8 Å². The third kappa shape index (κ3) is 1.47. The molecule has 2 aliphatic rings. The van der Waals surface area contributed by atoms with Crippen molar-refractivity contribution in [3.8, 4) is 0 Å². The minimum absolute atomic E-state index is 0.0113. The van der Waals surface area contributed by atoms with E-state index in [4.69, 9.17) is 11.6 Å². The molecule has 0 radical (unpaired) electrons. The second-order valence-corrected chi connectivity index (χ2v) is 6.27. The second-order valence-electron chi connectivity index (χ2n) is 3.88. The number of fused-ring (bicyclic) bond motifs is 1. The summed E-state index contributed by atoms with van der Waals surface area (Å²) >= 11 is 9.89. The molecule has 0 aromatic rings. The Morgan fingerprint density at radius 1 is 1.00 bits per heavy atom. The van der Waals surface area contributed by atoms with Crippen LogP contribution < -0.4 is 0 Å². The quantitative estimate of drug-likeness (QED) is 0.560. The van der Waals surface area contributed by atoms with Gasteiger partial charge in [0.1, 0.15) is 3.78 Å². The molecule has 0 bridgehead atoms. The van der Waals surface area contributed by atoms with Crippen molar-refractivity contribution in [2.75, 3.05) is 0 Å². The average molecular weight is 238 g/mol. The first-order chi connectivity index (χ1) is 5.23. The number of halogens is 2. The Bertz CT molecular complexity index is 140. The molecule has 2 aliphatic carbocycles. The summed E-state index contributed by atoms with van der Waals surface area (Å²) in [5.74, 6) is 1.56. The van der Waals surface area contributed by atoms with Crippen LogP contribution in [0.3, 0.4) is 0 Å². The first-order valence-corrected chi connectivity index (χ1v) is 5.78. The van der Waals surface area contributed by atoms with E-state index in [2.05, 4.69) is 15.9 Å². The molecule has 64 valence electrons. The molecule has 0 N–H and O–H groups in total. The van der Waals surface area contributed by atoms with Crippen LogP contribution in [0.25, 0.3) is 0 Å². The molecule has 0 aliphatic heterocycles. The predicted molar refractivity (Wildman–Crippen MR) is 52.2 cm³/mol. The Balaban J connectivity index is 1.95. The lowest BCUT2D eigenvalue weighted by Gasteiger charge is -2.04. The van der Waals surface area contributed by atoms with Crippen LogP contribution in [-0.2, 0) is 0 Å². The van der Waals surface area contributed by atoms with Gasteiger partial charge in [-0.15, -0.1) is 11.6 Å². The lowest BCUT2D eigenvalue weighted by molar-refractivity contribution is 0.485. The lowest BCUT2D eigenvalue weighted by atomic mass is 10.0. The SMILES string of the molecule is ClC1(Br)[C@@H]2CCCCCC[C@@H]21. The minimum atomic E-state index is 0.0113. The largest absolute Gasteiger partial charge is 0.106 e. The van der Waals surface area contributed by atoms with Crippen LogP contribution in [0.2, 0.25) is 0 Å². The molecule has 0 amide bonds. The van der Waals surface area contributed by atoms with Crippen molar-refractivity contribution in [1.29, 1.82) is 0 Å². The van der Waals surface area contributed by atoms with Crippen LogP contribution >= 0.6 is 27.5 Å². The summed E-state index contributed by atoms with van der Waals surface area (Å²) in [6, 6.07) is 0. The standard InChI is InChI=1S/C9H14BrCl/c10-9(11)7-5-3-1-2-4-6-8(7)9/h7-8H,1-6H2/t7-,8+,9?. The van der Waals surface area contributed by atoms with Crippen LogP contribution in [0.4, 0.5) is 0 Å². The Kier molecular flexibility index (Phi) is 2.22. The van der Waals surface area contributed by atoms with Gasteiger partial charge in [0.15, 0.2) is 0 Å². The topological polar surface area (TPSA) is 0 Å². The lowest BCUT2D eigenvalue weighted by Crippen LogP contribution is -1.90. The van der Waals surface area contributed by atoms with Gasteiger partial charge in [0.2, 0.25) is 0 Å². The van der Waals surface area contributed by atoms with Crippen molar-refractivity contribution >= 4 is 27.5 Å². The number of hydrogen-bond acceptors (Lipinski definition) is 0. The zero-order valence-electron chi connectivity index (χ0n) is 6.65. The summed E-state index contributed by atoms with van der Waals surface area (Å²) in [7, 11) is 0. The number of rotatable bonds is 0. The van der Waals surface area contributed by atoms with Crippen LogP contribution in [-0.4, -0.2) is 3.78 Å². The van der Waals surface area contributed by atoms with E-state index in [9.17, 15) is 0 Å². The Morgan fingerprint density at radius 2 is 1.45 bits per heavy atom. The Labute approximate surface area is 81.8 Å². The molecule has 2 rings (SSSR count). The van der Waals surface area contributed by atoms with Gasteiger partial charge in [0.25, 0.3) is 0 Å². The monoisotopic (exact) mass is 236 g/mol. The smallest absolute Gasteiger partial charge is 0.106 e. The maximum absolute atomic E-state index is 6.28. The molecule has 2 fully saturated rings. The molecule has 0 spiro atoms. The summed E-state index contributed by atoms with van der Waals surface area (Å²) in [5, 5.41) is 0. The van der Waals surface area contributed by atoms with Crippen molar-refractivity contribution in [3.63, 3.8) is 0 Å². The Hall–Kier alpha value is 0.770. The van der Waals surface area contributed by atoms with Crippen molar-refractivity contribution in [1.82, 2.24) is 0 Å². The van der Waals surface area contributed by atoms with Crippen molar-refractivity contribution < 1.29 is 0 Å². The van der Waals surface area contributed by atoms with Gasteiger partial charge in [-0.3, -0.25) is 0 Å². The maximum atomic E-state index is 6.28. The van der Waals surface area contributed by atoms with E-state index in [0.29, 0.717) is 0 Å². The van der Waals surface area contributed by atoms with E-state index in [1.807, 2.05) is 0 Å². The average Bonchev–Trinajstić information content (AvgIpc) is 2.29. The third-order valence-corrected chi connectivity index (χ3v) is 4.88. The van der Waals surface area contributed by atoms with E-state index >= 15 is 0 Å². The highest BCUT2D eigenvalue weighted by molar-refractivity contribution is 9.10. The normalized spacial score (nSPS) is 50.7. The van der Waals surface area contributed by atoms with Gasteiger partial charge in [-0.2, -0.15) is 0 Å². The van der Waals surface area contributed by atoms with Gasteiger partial charge in [-0.1, -0.05) is 41.6 Å². The molecule has 2 saturated carbocycles. The fourth-order valence-electron chi connectivity index (χ4n) is 2.33. The van der Waals surface area contributed by atoms with Crippen LogP contribution in [0, 0.1) is 11.8 Å². The summed E-state index contributed by atoms with van der Waals surface area (Å²) in [5.41, 5.74) is 0. The molecule has 3 atom stereocenters. The van der Waals surface area contributed by atoms with E-state index in [0.717, 1.165) is 11.8 Å². The molecule has 0 aromatic carbocycles. The molecular weight excluding hydrogens is 223 g/mol. The van der Waals surface area contributed by atoms with Gasteiger partial charge in [-0.05, 0) is 24.7 Å². The molecular formula is C9H14BrCl. The first-order valence-electron chi connectivity index (χ1n) is 4.61. The maximum Gasteiger partial charge on any atom is 0.106 e. The highest BCUT2D eigenvalue weighted by Gasteiger charge is 2.60. The highest BCUT2D eigenvalue weighted by atomic mass is 79.9. The molecule has 0 nitrogen and oxygen atoms in total. The molecule has 2 heteroatoms. The van der Waals surface area contributed by atoms with Gasteiger partial charge >= 0.3 is 0 Å². The number of alkyl halides is 2. The fourth-order valence-corrected chi connectivity index (χ4v) is 3.75. The molecule has 0 saturated heterocycles. The van der Waals surface area contributed by atoms with Crippen LogP contribution in [0.15, 0.2) is 0 Å². The van der Waals surface area contributed by atoms with Gasteiger partial charge < -0.3 is 0 Å². The molecule has 0 heterocycles. The van der Waals surface area contributed by atoms with Crippen molar-refractivity contribution in [3.05, 3.63) is 0 Å². The van der Waals surface area contributed by atoms with Crippen LogP contribution in [0.5, 0.6) is 0 Å². The van der Waals surface area contributed by atoms with Crippen LogP contribution in [0.1, 0.15) is 38.5 Å². The first kappa shape index (κ1) is 8.37. The zero-order chi connectivity index (χ0) is 7.90. The fraction of sp³-hybridized carbons (Fsp3) is 1.00. The molecule has 1 unspecified atom stereocenters. The van der Waals surface area contributed by atoms with E-state index in [-0.39, 0.29) is 3.78 Å². The van der Waals surface area contributed by atoms with Gasteiger partial charge in [0, 0.05) is 0 Å². The predicted octanol–water partition coefficient (Wildman–Crippen LogP) is 3.92. The summed E-state index contributed by atoms with van der Waals surface area (Å²) in [4.78, 5) is 0. The third-order valence-electron chi connectivity index (χ3n) is 3.15. The summed E-state index contributed by atoms with van der Waals surface area (Å²) < 4.78 is 0.0113. The van der Waals surface area contributed by atoms with Gasteiger partial charge in [0.05, 0.1) is 0 Å². The minimum Gasteiger partial charge on any atom is -0.106 e. The molecule has 11 heavy (non-hydrogen) atoms. The second kappa shape index (κ2) is 2.92. The van der Waals surface area contributed by atoms with Gasteiger partial charge in [-0.25, -0.2) is 0 Å². The summed E-state index contributed by atoms with van der Waals surface area (Å²) in [6.45, 7) is 0. The van der Waals surface area contributed by atoms with E-state index < -0.39 is 0 Å². The highest BCUT2D eigenvalue weighted by Crippen LogP contribution is 2.64. The van der Waals surface area contributed by atoms with Crippen molar-refractivity contribution in [2.45, 2.75) is 42.3 Å². The van der Waals surface area contributed by atoms with E-state index in [1.165, 1.54) is 38.5 Å². The zero-order valence-corrected chi connectivity index (χ0v) is 9.00. The van der Waals surface area contributed by atoms with E-state index in [1.54, 1.807) is 0 Å².